The number of hydrogen-bond acceptors (Lipinski definition) is 5. The van der Waals surface area contributed by atoms with E-state index < -0.39 is 11.7 Å². The summed E-state index contributed by atoms with van der Waals surface area (Å²) in [6, 6.07) is 1.50. The van der Waals surface area contributed by atoms with Gasteiger partial charge in [-0.3, -0.25) is 5.10 Å². The second-order valence-corrected chi connectivity index (χ2v) is 4.82. The van der Waals surface area contributed by atoms with E-state index in [-0.39, 0.29) is 17.3 Å². The number of anilines is 2. The first-order chi connectivity index (χ1) is 9.95. The maximum atomic E-state index is 12.9. The van der Waals surface area contributed by atoms with E-state index in [0.717, 1.165) is 32.1 Å². The third-order valence-corrected chi connectivity index (χ3v) is 3.36. The number of hydrogen-bond donors (Lipinski definition) is 2. The molecule has 3 N–H and O–H groups in total. The van der Waals surface area contributed by atoms with Crippen molar-refractivity contribution in [2.24, 2.45) is 0 Å². The smallest absolute Gasteiger partial charge is 0.368 e. The predicted octanol–water partition coefficient (Wildman–Crippen LogP) is 2.07. The minimum atomic E-state index is -4.50. The number of H-pyrrole nitrogens is 1. The minimum absolute atomic E-state index is 0.0582. The molecule has 3 heterocycles. The molecule has 1 fully saturated rings. The van der Waals surface area contributed by atoms with Gasteiger partial charge in [-0.05, 0) is 12.8 Å². The maximum absolute atomic E-state index is 12.9. The predicted molar refractivity (Wildman–Crippen MR) is 70.5 cm³/mol. The Bertz CT molecular complexity index is 645. The van der Waals surface area contributed by atoms with Crippen molar-refractivity contribution in [3.8, 4) is 11.4 Å². The third kappa shape index (κ3) is 2.63. The summed E-state index contributed by atoms with van der Waals surface area (Å²) in [4.78, 5) is 9.96. The molecular weight excluding hydrogens is 285 g/mol. The summed E-state index contributed by atoms with van der Waals surface area (Å²) in [5.74, 6) is 0.481. The topological polar surface area (TPSA) is 83.7 Å². The zero-order valence-electron chi connectivity index (χ0n) is 11.0. The van der Waals surface area contributed by atoms with Crippen LogP contribution in [-0.4, -0.2) is 33.3 Å². The van der Waals surface area contributed by atoms with Gasteiger partial charge in [-0.15, -0.1) is 0 Å². The van der Waals surface area contributed by atoms with Gasteiger partial charge in [0, 0.05) is 19.2 Å². The second kappa shape index (κ2) is 4.90. The highest BCUT2D eigenvalue weighted by Crippen LogP contribution is 2.36. The molecule has 1 saturated heterocycles. The molecule has 112 valence electrons. The lowest BCUT2D eigenvalue weighted by Crippen LogP contribution is -2.20. The number of nitrogens with one attached hydrogen (secondary N) is 1. The molecule has 2 aromatic heterocycles. The molecule has 3 rings (SSSR count). The maximum Gasteiger partial charge on any atom is 0.420 e. The van der Waals surface area contributed by atoms with E-state index in [4.69, 9.17) is 5.73 Å². The Hall–Kier alpha value is -2.32. The Labute approximate surface area is 118 Å². The molecular formula is C12H13F3N6. The molecule has 1 aliphatic rings. The van der Waals surface area contributed by atoms with Crippen LogP contribution >= 0.6 is 0 Å². The number of alkyl halides is 3. The Morgan fingerprint density at radius 1 is 1.19 bits per heavy atom. The second-order valence-electron chi connectivity index (χ2n) is 4.82. The van der Waals surface area contributed by atoms with E-state index in [2.05, 4.69) is 20.2 Å². The van der Waals surface area contributed by atoms with Crippen LogP contribution in [0.15, 0.2) is 12.3 Å². The standard InChI is InChI=1S/C12H13F3N6/c13-12(14,15)7-6-17-20-10(7)8-5-9(19-11(16)18-8)21-3-1-2-4-21/h5-6H,1-4H2,(H,17,20)(H2,16,18,19). The molecule has 1 aliphatic heterocycles. The monoisotopic (exact) mass is 298 g/mol. The van der Waals surface area contributed by atoms with E-state index in [9.17, 15) is 13.2 Å². The van der Waals surface area contributed by atoms with Crippen molar-refractivity contribution in [3.63, 3.8) is 0 Å². The Morgan fingerprint density at radius 2 is 1.90 bits per heavy atom. The highest BCUT2D eigenvalue weighted by molar-refractivity contribution is 5.64. The van der Waals surface area contributed by atoms with Gasteiger partial charge < -0.3 is 10.6 Å². The molecule has 9 heteroatoms. The van der Waals surface area contributed by atoms with Crippen molar-refractivity contribution in [2.45, 2.75) is 19.0 Å². The lowest BCUT2D eigenvalue weighted by Gasteiger charge is -2.17. The van der Waals surface area contributed by atoms with Gasteiger partial charge in [0.05, 0.1) is 17.6 Å². The van der Waals surface area contributed by atoms with Crippen LogP contribution < -0.4 is 10.6 Å². The number of aromatic amines is 1. The van der Waals surface area contributed by atoms with Crippen LogP contribution in [0.4, 0.5) is 24.9 Å². The fraction of sp³-hybridized carbons (Fsp3) is 0.417. The van der Waals surface area contributed by atoms with E-state index in [1.54, 1.807) is 0 Å². The van der Waals surface area contributed by atoms with Crippen molar-refractivity contribution in [3.05, 3.63) is 17.8 Å². The summed E-state index contributed by atoms with van der Waals surface area (Å²) >= 11 is 0. The SMILES string of the molecule is Nc1nc(-c2[nH]ncc2C(F)(F)F)cc(N2CCCC2)n1. The highest BCUT2D eigenvalue weighted by atomic mass is 19.4. The lowest BCUT2D eigenvalue weighted by atomic mass is 10.2. The minimum Gasteiger partial charge on any atom is -0.368 e. The fourth-order valence-electron chi connectivity index (χ4n) is 2.39. The van der Waals surface area contributed by atoms with Gasteiger partial charge in [0.25, 0.3) is 0 Å². The average Bonchev–Trinajstić information content (AvgIpc) is 3.09. The van der Waals surface area contributed by atoms with Crippen molar-refractivity contribution < 1.29 is 13.2 Å². The third-order valence-electron chi connectivity index (χ3n) is 3.36. The number of nitrogens with zero attached hydrogens (tertiary/aromatic N) is 4. The van der Waals surface area contributed by atoms with Gasteiger partial charge in [0.15, 0.2) is 0 Å². The largest absolute Gasteiger partial charge is 0.420 e. The van der Waals surface area contributed by atoms with Gasteiger partial charge in [0.1, 0.15) is 11.4 Å². The van der Waals surface area contributed by atoms with Crippen LogP contribution in [0.25, 0.3) is 11.4 Å². The van der Waals surface area contributed by atoms with Crippen LogP contribution in [0, 0.1) is 0 Å². The normalized spacial score (nSPS) is 15.7. The Morgan fingerprint density at radius 3 is 2.57 bits per heavy atom. The van der Waals surface area contributed by atoms with Crippen LogP contribution in [0.1, 0.15) is 18.4 Å². The molecule has 0 saturated carbocycles. The summed E-state index contributed by atoms with van der Waals surface area (Å²) in [6.07, 6.45) is -1.72. The van der Waals surface area contributed by atoms with Crippen LogP contribution in [0.3, 0.4) is 0 Å². The van der Waals surface area contributed by atoms with Crippen LogP contribution in [-0.2, 0) is 6.18 Å². The first-order valence-electron chi connectivity index (χ1n) is 6.45. The van der Waals surface area contributed by atoms with Crippen LogP contribution in [0.5, 0.6) is 0 Å². The molecule has 0 amide bonds. The molecule has 0 radical (unpaired) electrons. The molecule has 0 spiro atoms. The van der Waals surface area contributed by atoms with Crippen molar-refractivity contribution in [1.29, 1.82) is 0 Å². The molecule has 6 nitrogen and oxygen atoms in total. The quantitative estimate of drug-likeness (QED) is 0.886. The zero-order chi connectivity index (χ0) is 15.0. The van der Waals surface area contributed by atoms with E-state index in [0.29, 0.717) is 5.82 Å². The number of aromatic nitrogens is 4. The summed E-state index contributed by atoms with van der Waals surface area (Å²) in [7, 11) is 0. The molecule has 0 bridgehead atoms. The molecule has 2 aromatic rings. The number of halogens is 3. The molecule has 0 atom stereocenters. The molecule has 0 unspecified atom stereocenters. The van der Waals surface area contributed by atoms with Gasteiger partial charge in [-0.2, -0.15) is 23.3 Å². The summed E-state index contributed by atoms with van der Waals surface area (Å²) < 4.78 is 38.8. The number of nitrogens with two attached hydrogens (primary N) is 1. The molecule has 0 aromatic carbocycles. The summed E-state index contributed by atoms with van der Waals surface area (Å²) in [5, 5.41) is 5.80. The van der Waals surface area contributed by atoms with Gasteiger partial charge in [-0.25, -0.2) is 4.98 Å². The van der Waals surface area contributed by atoms with E-state index in [1.807, 2.05) is 4.90 Å². The van der Waals surface area contributed by atoms with Crippen LogP contribution in [0.2, 0.25) is 0 Å². The van der Waals surface area contributed by atoms with Gasteiger partial charge in [0.2, 0.25) is 5.95 Å². The zero-order valence-corrected chi connectivity index (χ0v) is 11.0. The first kappa shape index (κ1) is 13.7. The van der Waals surface area contributed by atoms with Crippen molar-refractivity contribution in [1.82, 2.24) is 20.2 Å². The van der Waals surface area contributed by atoms with Crippen molar-refractivity contribution in [2.75, 3.05) is 23.7 Å². The summed E-state index contributed by atoms with van der Waals surface area (Å²) in [5.41, 5.74) is 4.65. The van der Waals surface area contributed by atoms with E-state index >= 15 is 0 Å². The molecule has 0 aliphatic carbocycles. The number of nitrogen functional groups attached to an aromatic ring is 1. The van der Waals surface area contributed by atoms with Crippen molar-refractivity contribution >= 4 is 11.8 Å². The van der Waals surface area contributed by atoms with Gasteiger partial charge >= 0.3 is 6.18 Å². The highest BCUT2D eigenvalue weighted by Gasteiger charge is 2.36. The first-order valence-corrected chi connectivity index (χ1v) is 6.45. The van der Waals surface area contributed by atoms with Gasteiger partial charge in [-0.1, -0.05) is 0 Å². The Kier molecular flexibility index (Phi) is 3.19. The number of rotatable bonds is 2. The molecule has 21 heavy (non-hydrogen) atoms. The average molecular weight is 298 g/mol. The Balaban J connectivity index is 2.05. The fourth-order valence-corrected chi connectivity index (χ4v) is 2.39. The lowest BCUT2D eigenvalue weighted by molar-refractivity contribution is -0.137. The summed E-state index contributed by atoms with van der Waals surface area (Å²) in [6.45, 7) is 1.62. The van der Waals surface area contributed by atoms with E-state index in [1.165, 1.54) is 6.07 Å².